The van der Waals surface area contributed by atoms with Gasteiger partial charge >= 0.3 is 0 Å². The zero-order chi connectivity index (χ0) is 18.2. The molecule has 3 atom stereocenters. The second kappa shape index (κ2) is 9.21. The number of hydrogen-bond donors (Lipinski definition) is 1. The van der Waals surface area contributed by atoms with Crippen LogP contribution in [0.15, 0.2) is 66.7 Å². The fraction of sp³-hybridized carbons (Fsp3) is 0.273. The van der Waals surface area contributed by atoms with Gasteiger partial charge in [-0.15, -0.1) is 0 Å². The van der Waals surface area contributed by atoms with Crippen molar-refractivity contribution in [2.45, 2.75) is 24.9 Å². The van der Waals surface area contributed by atoms with E-state index in [1.54, 1.807) is 13.2 Å². The zero-order valence-electron chi connectivity index (χ0n) is 14.7. The Morgan fingerprint density at radius 3 is 2.65 bits per heavy atom. The molecule has 2 aromatic rings. The molecule has 0 saturated carbocycles. The van der Waals surface area contributed by atoms with Crippen LogP contribution < -0.4 is 4.74 Å². The minimum Gasteiger partial charge on any atom is -0.497 e. The Bertz CT molecular complexity index is 771. The highest BCUT2D eigenvalue weighted by Gasteiger charge is 2.35. The summed E-state index contributed by atoms with van der Waals surface area (Å²) in [7, 11) is 1.63. The molecule has 4 nitrogen and oxygen atoms in total. The number of ether oxygens (including phenoxy) is 3. The third kappa shape index (κ3) is 4.96. The average molecular weight is 350 g/mol. The number of aliphatic hydroxyl groups is 1. The quantitative estimate of drug-likeness (QED) is 0.843. The van der Waals surface area contributed by atoms with Crippen molar-refractivity contribution in [2.24, 2.45) is 0 Å². The van der Waals surface area contributed by atoms with Crippen LogP contribution in [0.5, 0.6) is 5.75 Å². The van der Waals surface area contributed by atoms with E-state index < -0.39 is 12.2 Å². The summed E-state index contributed by atoms with van der Waals surface area (Å²) in [5.74, 6) is 6.85. The van der Waals surface area contributed by atoms with Gasteiger partial charge in [-0.1, -0.05) is 42.2 Å². The Hall–Kier alpha value is -2.58. The maximum Gasteiger partial charge on any atom is 0.118 e. The van der Waals surface area contributed by atoms with E-state index in [1.165, 1.54) is 0 Å². The molecule has 2 aromatic carbocycles. The van der Waals surface area contributed by atoms with Crippen LogP contribution >= 0.6 is 0 Å². The average Bonchev–Trinajstić information content (AvgIpc) is 3.04. The Balaban J connectivity index is 1.57. The molecule has 0 radical (unpaired) electrons. The van der Waals surface area contributed by atoms with Crippen molar-refractivity contribution in [3.63, 3.8) is 0 Å². The lowest BCUT2D eigenvalue weighted by Crippen LogP contribution is -2.32. The molecule has 1 aliphatic rings. The highest BCUT2D eigenvalue weighted by molar-refractivity contribution is 5.36. The summed E-state index contributed by atoms with van der Waals surface area (Å²) in [5, 5.41) is 10.1. The first kappa shape index (κ1) is 18.2. The number of benzene rings is 2. The molecule has 1 fully saturated rings. The molecule has 0 aromatic heterocycles. The lowest BCUT2D eigenvalue weighted by Gasteiger charge is -2.18. The van der Waals surface area contributed by atoms with Gasteiger partial charge in [0.2, 0.25) is 0 Å². The molecule has 134 valence electrons. The van der Waals surface area contributed by atoms with Crippen molar-refractivity contribution in [3.8, 4) is 17.6 Å². The Kier molecular flexibility index (Phi) is 6.45. The van der Waals surface area contributed by atoms with Gasteiger partial charge in [-0.2, -0.15) is 0 Å². The Labute approximate surface area is 154 Å². The van der Waals surface area contributed by atoms with Crippen molar-refractivity contribution in [2.75, 3.05) is 13.7 Å². The molecule has 1 aliphatic heterocycles. The van der Waals surface area contributed by atoms with Gasteiger partial charge in [0, 0.05) is 5.56 Å². The second-order valence-electron chi connectivity index (χ2n) is 5.98. The van der Waals surface area contributed by atoms with E-state index in [0.717, 1.165) is 16.9 Å². The number of methoxy groups -OCH3 is 1. The topological polar surface area (TPSA) is 47.9 Å². The highest BCUT2D eigenvalue weighted by atomic mass is 16.6. The fourth-order valence-corrected chi connectivity index (χ4v) is 2.69. The molecule has 1 heterocycles. The van der Waals surface area contributed by atoms with Gasteiger partial charge in [-0.25, -0.2) is 0 Å². The third-order valence-electron chi connectivity index (χ3n) is 4.12. The first-order valence-corrected chi connectivity index (χ1v) is 8.54. The molecule has 3 rings (SSSR count). The van der Waals surface area contributed by atoms with Gasteiger partial charge in [0.15, 0.2) is 0 Å². The number of aliphatic hydroxyl groups excluding tert-OH is 1. The first-order valence-electron chi connectivity index (χ1n) is 8.54. The number of hydrogen-bond acceptors (Lipinski definition) is 4. The molecule has 0 bridgehead atoms. The normalized spacial score (nSPS) is 22.2. The lowest BCUT2D eigenvalue weighted by atomic mass is 10.1. The van der Waals surface area contributed by atoms with Crippen molar-refractivity contribution in [3.05, 3.63) is 77.9 Å². The first-order chi connectivity index (χ1) is 12.8. The standard InChI is InChI=1S/C22H22O4/c1-24-19-13-11-18(12-14-19)15-26-22-20(23)16-25-21(22)10-6-5-9-17-7-3-2-4-8-17/h2-4,6-8,10-14,20-23H,15-16H2,1H3/b10-6+/t20-,21-,22-/m1/s1. The maximum atomic E-state index is 10.1. The van der Waals surface area contributed by atoms with Crippen LogP contribution in [0.4, 0.5) is 0 Å². The molecule has 0 amide bonds. The van der Waals surface area contributed by atoms with Gasteiger partial charge in [-0.05, 0) is 42.0 Å². The molecule has 26 heavy (non-hydrogen) atoms. The molecule has 1 saturated heterocycles. The van der Waals surface area contributed by atoms with E-state index in [4.69, 9.17) is 14.2 Å². The monoisotopic (exact) mass is 350 g/mol. The van der Waals surface area contributed by atoms with E-state index >= 15 is 0 Å². The van der Waals surface area contributed by atoms with Crippen LogP contribution in [0.1, 0.15) is 11.1 Å². The molecular weight excluding hydrogens is 328 g/mol. The second-order valence-corrected chi connectivity index (χ2v) is 5.98. The minimum atomic E-state index is -0.648. The predicted molar refractivity (Wildman–Crippen MR) is 99.8 cm³/mol. The summed E-state index contributed by atoms with van der Waals surface area (Å²) in [6.45, 7) is 0.656. The fourth-order valence-electron chi connectivity index (χ4n) is 2.69. The maximum absolute atomic E-state index is 10.1. The number of allylic oxidation sites excluding steroid dienone is 1. The molecule has 0 aliphatic carbocycles. The van der Waals surface area contributed by atoms with Gasteiger partial charge < -0.3 is 19.3 Å². The van der Waals surface area contributed by atoms with Crippen molar-refractivity contribution in [1.82, 2.24) is 0 Å². The minimum absolute atomic E-state index is 0.258. The summed E-state index contributed by atoms with van der Waals surface area (Å²) < 4.78 is 16.6. The Morgan fingerprint density at radius 2 is 1.92 bits per heavy atom. The van der Waals surface area contributed by atoms with Gasteiger partial charge in [0.1, 0.15) is 24.1 Å². The van der Waals surface area contributed by atoms with Gasteiger partial charge in [0.05, 0.1) is 20.3 Å². The number of rotatable bonds is 5. The molecule has 1 N–H and O–H groups in total. The van der Waals surface area contributed by atoms with Crippen LogP contribution in [-0.4, -0.2) is 37.1 Å². The summed E-state index contributed by atoms with van der Waals surface area (Å²) in [6.07, 6.45) is 2.22. The Morgan fingerprint density at radius 1 is 1.15 bits per heavy atom. The van der Waals surface area contributed by atoms with E-state index in [0.29, 0.717) is 6.61 Å². The largest absolute Gasteiger partial charge is 0.497 e. The molecular formula is C22H22O4. The summed E-state index contributed by atoms with van der Waals surface area (Å²) in [4.78, 5) is 0. The van der Waals surface area contributed by atoms with E-state index in [-0.39, 0.29) is 12.7 Å². The molecule has 0 unspecified atom stereocenters. The van der Waals surface area contributed by atoms with Crippen LogP contribution in [-0.2, 0) is 16.1 Å². The van der Waals surface area contributed by atoms with E-state index in [1.807, 2.05) is 60.7 Å². The van der Waals surface area contributed by atoms with Crippen LogP contribution in [0.2, 0.25) is 0 Å². The third-order valence-corrected chi connectivity index (χ3v) is 4.12. The summed E-state index contributed by atoms with van der Waals surface area (Å²) in [6, 6.07) is 17.4. The van der Waals surface area contributed by atoms with Gasteiger partial charge in [0.25, 0.3) is 0 Å². The van der Waals surface area contributed by atoms with E-state index in [2.05, 4.69) is 11.8 Å². The zero-order valence-corrected chi connectivity index (χ0v) is 14.7. The van der Waals surface area contributed by atoms with Crippen molar-refractivity contribution >= 4 is 0 Å². The van der Waals surface area contributed by atoms with Crippen molar-refractivity contribution in [1.29, 1.82) is 0 Å². The van der Waals surface area contributed by atoms with Crippen LogP contribution in [0.25, 0.3) is 0 Å². The lowest BCUT2D eigenvalue weighted by molar-refractivity contribution is -0.0338. The molecule has 0 spiro atoms. The molecule has 4 heteroatoms. The smallest absolute Gasteiger partial charge is 0.118 e. The van der Waals surface area contributed by atoms with Crippen LogP contribution in [0.3, 0.4) is 0 Å². The summed E-state index contributed by atoms with van der Waals surface area (Å²) in [5.41, 5.74) is 1.97. The predicted octanol–water partition coefficient (Wildman–Crippen LogP) is 2.95. The van der Waals surface area contributed by atoms with Gasteiger partial charge in [-0.3, -0.25) is 0 Å². The SMILES string of the molecule is COc1ccc(CO[C@@H]2[C@H](O)CO[C@@H]2/C=C/C#Cc2ccccc2)cc1. The highest BCUT2D eigenvalue weighted by Crippen LogP contribution is 2.21. The van der Waals surface area contributed by atoms with E-state index in [9.17, 15) is 5.11 Å². The van der Waals surface area contributed by atoms with Crippen molar-refractivity contribution < 1.29 is 19.3 Å². The van der Waals surface area contributed by atoms with Crippen LogP contribution in [0, 0.1) is 11.8 Å². The summed E-state index contributed by atoms with van der Waals surface area (Å²) >= 11 is 0.